The molecule has 0 aliphatic rings. The third-order valence-electron chi connectivity index (χ3n) is 3.48. The molecule has 1 unspecified atom stereocenters. The van der Waals surface area contributed by atoms with Crippen LogP contribution in [0, 0.1) is 0 Å². The molecule has 1 atom stereocenters. The first-order valence-corrected chi connectivity index (χ1v) is 7.88. The molecular formula is C15H28N2S. The molecule has 0 aliphatic heterocycles. The van der Waals surface area contributed by atoms with Crippen LogP contribution in [0.5, 0.6) is 0 Å². The topological polar surface area (TPSA) is 15.3 Å². The van der Waals surface area contributed by atoms with Gasteiger partial charge in [0.1, 0.15) is 0 Å². The molecule has 0 aliphatic carbocycles. The van der Waals surface area contributed by atoms with Crippen LogP contribution in [-0.2, 0) is 6.42 Å². The highest BCUT2D eigenvalue weighted by Crippen LogP contribution is 2.23. The fraction of sp³-hybridized carbons (Fsp3) is 0.733. The average Bonchev–Trinajstić information content (AvgIpc) is 2.82. The van der Waals surface area contributed by atoms with Crippen molar-refractivity contribution in [1.82, 2.24) is 10.2 Å². The number of thiophene rings is 1. The van der Waals surface area contributed by atoms with E-state index in [0.717, 1.165) is 13.0 Å². The smallest absolute Gasteiger partial charge is 0.0386 e. The minimum atomic E-state index is 0.486. The van der Waals surface area contributed by atoms with Crippen LogP contribution < -0.4 is 5.32 Å². The van der Waals surface area contributed by atoms with E-state index in [4.69, 9.17) is 0 Å². The Morgan fingerprint density at radius 1 is 1.28 bits per heavy atom. The van der Waals surface area contributed by atoms with Gasteiger partial charge in [-0.05, 0) is 65.9 Å². The summed E-state index contributed by atoms with van der Waals surface area (Å²) >= 11 is 1.94. The van der Waals surface area contributed by atoms with E-state index < -0.39 is 0 Å². The van der Waals surface area contributed by atoms with Gasteiger partial charge in [-0.25, -0.2) is 0 Å². The molecule has 0 bridgehead atoms. The normalized spacial score (nSPS) is 13.5. The first-order valence-electron chi connectivity index (χ1n) is 7.06. The Morgan fingerprint density at radius 3 is 2.56 bits per heavy atom. The second-order valence-corrected chi connectivity index (χ2v) is 6.46. The summed E-state index contributed by atoms with van der Waals surface area (Å²) < 4.78 is 0. The Bertz CT molecular complexity index is 333. The van der Waals surface area contributed by atoms with Crippen LogP contribution in [0.4, 0.5) is 0 Å². The van der Waals surface area contributed by atoms with Gasteiger partial charge in [0.05, 0.1) is 0 Å². The Balaban J connectivity index is 2.23. The van der Waals surface area contributed by atoms with Crippen molar-refractivity contribution in [3.63, 3.8) is 0 Å². The average molecular weight is 268 g/mol. The maximum atomic E-state index is 3.61. The van der Waals surface area contributed by atoms with Crippen LogP contribution in [0.2, 0.25) is 0 Å². The van der Waals surface area contributed by atoms with Gasteiger partial charge < -0.3 is 10.2 Å². The van der Waals surface area contributed by atoms with Crippen molar-refractivity contribution in [3.8, 4) is 0 Å². The van der Waals surface area contributed by atoms with E-state index in [2.05, 4.69) is 57.1 Å². The Kier molecular flexibility index (Phi) is 6.90. The Hall–Kier alpha value is -0.380. The molecule has 0 aromatic carbocycles. The lowest BCUT2D eigenvalue weighted by molar-refractivity contribution is 0.268. The van der Waals surface area contributed by atoms with Crippen molar-refractivity contribution in [2.75, 3.05) is 20.1 Å². The standard InChI is InChI=1S/C15H28N2S/c1-6-14-8-9-15(18-14)13(4)16-10-7-11-17(5)12(2)3/h8-9,12-13,16H,6-7,10-11H2,1-5H3. The fourth-order valence-corrected chi connectivity index (χ4v) is 2.80. The van der Waals surface area contributed by atoms with Crippen LogP contribution in [0.15, 0.2) is 12.1 Å². The first-order chi connectivity index (χ1) is 8.54. The van der Waals surface area contributed by atoms with Crippen molar-refractivity contribution < 1.29 is 0 Å². The van der Waals surface area contributed by atoms with Crippen LogP contribution in [0.3, 0.4) is 0 Å². The molecule has 3 heteroatoms. The highest BCUT2D eigenvalue weighted by Gasteiger charge is 2.08. The largest absolute Gasteiger partial charge is 0.309 e. The first kappa shape index (κ1) is 15.7. The summed E-state index contributed by atoms with van der Waals surface area (Å²) in [6, 6.07) is 5.65. The number of aryl methyl sites for hydroxylation is 1. The number of nitrogens with one attached hydrogen (secondary N) is 1. The van der Waals surface area contributed by atoms with Gasteiger partial charge in [0.15, 0.2) is 0 Å². The fourth-order valence-electron chi connectivity index (χ4n) is 1.82. The zero-order valence-electron chi connectivity index (χ0n) is 12.5. The molecule has 0 saturated carbocycles. The number of rotatable bonds is 8. The summed E-state index contributed by atoms with van der Waals surface area (Å²) in [6.07, 6.45) is 2.36. The lowest BCUT2D eigenvalue weighted by Gasteiger charge is -2.21. The number of hydrogen-bond acceptors (Lipinski definition) is 3. The predicted molar refractivity (Wildman–Crippen MR) is 82.5 cm³/mol. The van der Waals surface area contributed by atoms with Crippen molar-refractivity contribution in [3.05, 3.63) is 21.9 Å². The summed E-state index contributed by atoms with van der Waals surface area (Å²) in [6.45, 7) is 11.2. The minimum absolute atomic E-state index is 0.486. The van der Waals surface area contributed by atoms with Gasteiger partial charge in [0.2, 0.25) is 0 Å². The second kappa shape index (κ2) is 7.93. The van der Waals surface area contributed by atoms with E-state index in [1.54, 1.807) is 0 Å². The lowest BCUT2D eigenvalue weighted by Crippen LogP contribution is -2.30. The molecule has 1 heterocycles. The van der Waals surface area contributed by atoms with Crippen molar-refractivity contribution in [2.45, 2.75) is 52.6 Å². The van der Waals surface area contributed by atoms with E-state index in [1.165, 1.54) is 22.7 Å². The van der Waals surface area contributed by atoms with Gasteiger partial charge in [-0.15, -0.1) is 11.3 Å². The van der Waals surface area contributed by atoms with Gasteiger partial charge in [-0.2, -0.15) is 0 Å². The van der Waals surface area contributed by atoms with E-state index in [-0.39, 0.29) is 0 Å². The molecule has 0 fully saturated rings. The monoisotopic (exact) mass is 268 g/mol. The molecule has 18 heavy (non-hydrogen) atoms. The van der Waals surface area contributed by atoms with Gasteiger partial charge >= 0.3 is 0 Å². The highest BCUT2D eigenvalue weighted by molar-refractivity contribution is 7.12. The molecule has 104 valence electrons. The van der Waals surface area contributed by atoms with Gasteiger partial charge in [0, 0.05) is 21.8 Å². The van der Waals surface area contributed by atoms with Crippen LogP contribution >= 0.6 is 11.3 Å². The van der Waals surface area contributed by atoms with E-state index >= 15 is 0 Å². The van der Waals surface area contributed by atoms with E-state index in [0.29, 0.717) is 12.1 Å². The zero-order valence-corrected chi connectivity index (χ0v) is 13.3. The number of nitrogens with zero attached hydrogens (tertiary/aromatic N) is 1. The maximum Gasteiger partial charge on any atom is 0.0386 e. The molecule has 1 aromatic heterocycles. The number of hydrogen-bond donors (Lipinski definition) is 1. The van der Waals surface area contributed by atoms with Crippen molar-refractivity contribution in [2.24, 2.45) is 0 Å². The summed E-state index contributed by atoms with van der Waals surface area (Å²) in [5.41, 5.74) is 0. The molecule has 2 nitrogen and oxygen atoms in total. The van der Waals surface area contributed by atoms with E-state index in [1.807, 2.05) is 11.3 Å². The van der Waals surface area contributed by atoms with Crippen LogP contribution in [-0.4, -0.2) is 31.1 Å². The van der Waals surface area contributed by atoms with Gasteiger partial charge in [-0.1, -0.05) is 6.92 Å². The maximum absolute atomic E-state index is 3.61. The van der Waals surface area contributed by atoms with Crippen molar-refractivity contribution >= 4 is 11.3 Å². The Labute approximate surface area is 116 Å². The Morgan fingerprint density at radius 2 is 2.00 bits per heavy atom. The predicted octanol–water partition coefficient (Wildman–Crippen LogP) is 3.69. The van der Waals surface area contributed by atoms with Crippen molar-refractivity contribution in [1.29, 1.82) is 0 Å². The van der Waals surface area contributed by atoms with Crippen LogP contribution in [0.25, 0.3) is 0 Å². The summed E-state index contributed by atoms with van der Waals surface area (Å²) in [4.78, 5) is 5.34. The summed E-state index contributed by atoms with van der Waals surface area (Å²) in [5, 5.41) is 3.61. The molecule has 0 radical (unpaired) electrons. The third-order valence-corrected chi connectivity index (χ3v) is 4.89. The van der Waals surface area contributed by atoms with E-state index in [9.17, 15) is 0 Å². The molecule has 0 saturated heterocycles. The van der Waals surface area contributed by atoms with Gasteiger partial charge in [-0.3, -0.25) is 0 Å². The van der Waals surface area contributed by atoms with Gasteiger partial charge in [0.25, 0.3) is 0 Å². The molecule has 0 spiro atoms. The molecular weight excluding hydrogens is 240 g/mol. The second-order valence-electron chi connectivity index (χ2n) is 5.26. The highest BCUT2D eigenvalue weighted by atomic mass is 32.1. The lowest BCUT2D eigenvalue weighted by atomic mass is 10.2. The molecule has 0 amide bonds. The van der Waals surface area contributed by atoms with Crippen LogP contribution in [0.1, 0.15) is 49.9 Å². The quantitative estimate of drug-likeness (QED) is 0.723. The summed E-state index contributed by atoms with van der Waals surface area (Å²) in [7, 11) is 2.20. The molecule has 1 N–H and O–H groups in total. The zero-order chi connectivity index (χ0) is 13.5. The third kappa shape index (κ3) is 5.09. The summed E-state index contributed by atoms with van der Waals surface area (Å²) in [5.74, 6) is 0. The molecule has 1 rings (SSSR count). The molecule has 1 aromatic rings. The minimum Gasteiger partial charge on any atom is -0.309 e. The SMILES string of the molecule is CCc1ccc(C(C)NCCCN(C)C(C)C)s1.